The highest BCUT2D eigenvalue weighted by atomic mass is 35.5. The van der Waals surface area contributed by atoms with Crippen LogP contribution in [-0.4, -0.2) is 30.3 Å². The van der Waals surface area contributed by atoms with Gasteiger partial charge in [-0.15, -0.1) is 11.6 Å². The van der Waals surface area contributed by atoms with Gasteiger partial charge in [0.05, 0.1) is 6.42 Å². The summed E-state index contributed by atoms with van der Waals surface area (Å²) < 4.78 is 0. The summed E-state index contributed by atoms with van der Waals surface area (Å²) in [6.07, 6.45) is 3.64. The first-order valence-corrected chi connectivity index (χ1v) is 7.02. The first-order chi connectivity index (χ1) is 8.63. The minimum atomic E-state index is 0.187. The number of likely N-dealkylation sites (N-methyl/N-ethyl adjacent to an activating group) is 1. The Morgan fingerprint density at radius 3 is 2.72 bits per heavy atom. The molecule has 1 amide bonds. The molecule has 0 spiro atoms. The van der Waals surface area contributed by atoms with Gasteiger partial charge in [0.1, 0.15) is 0 Å². The fraction of sp³-hybridized carbons (Fsp3) is 0.533. The summed E-state index contributed by atoms with van der Waals surface area (Å²) in [4.78, 5) is 13.8. The molecule has 0 aromatic heterocycles. The van der Waals surface area contributed by atoms with E-state index in [9.17, 15) is 4.79 Å². The van der Waals surface area contributed by atoms with Gasteiger partial charge in [-0.3, -0.25) is 4.79 Å². The fourth-order valence-electron chi connectivity index (χ4n) is 1.88. The highest BCUT2D eigenvalue weighted by Crippen LogP contribution is 2.07. The number of hydrogen-bond acceptors (Lipinski definition) is 1. The standard InChI is InChI=1S/C15H22ClNO/c1-13-7-6-8-14(11-13)12-15(18)17(2)10-5-3-4-9-16/h6-8,11H,3-5,9-10,12H2,1-2H3. The molecule has 18 heavy (non-hydrogen) atoms. The summed E-state index contributed by atoms with van der Waals surface area (Å²) in [5.41, 5.74) is 2.29. The number of alkyl halides is 1. The summed E-state index contributed by atoms with van der Waals surface area (Å²) in [5, 5.41) is 0. The number of hydrogen-bond donors (Lipinski definition) is 0. The minimum Gasteiger partial charge on any atom is -0.345 e. The third-order valence-electron chi connectivity index (χ3n) is 2.99. The molecule has 0 atom stereocenters. The fourth-order valence-corrected chi connectivity index (χ4v) is 2.07. The molecule has 0 aliphatic carbocycles. The quantitative estimate of drug-likeness (QED) is 0.548. The van der Waals surface area contributed by atoms with Crippen molar-refractivity contribution in [2.75, 3.05) is 19.5 Å². The lowest BCUT2D eigenvalue weighted by Crippen LogP contribution is -2.29. The Labute approximate surface area is 115 Å². The maximum Gasteiger partial charge on any atom is 0.226 e. The van der Waals surface area contributed by atoms with Gasteiger partial charge < -0.3 is 4.90 Å². The topological polar surface area (TPSA) is 20.3 Å². The Kier molecular flexibility index (Phi) is 6.81. The molecule has 0 saturated heterocycles. The molecular weight excluding hydrogens is 246 g/mol. The number of unbranched alkanes of at least 4 members (excludes halogenated alkanes) is 2. The van der Waals surface area contributed by atoms with E-state index in [1.807, 2.05) is 37.1 Å². The zero-order valence-electron chi connectivity index (χ0n) is 11.3. The van der Waals surface area contributed by atoms with Crippen LogP contribution in [0.4, 0.5) is 0 Å². The van der Waals surface area contributed by atoms with Crippen LogP contribution in [-0.2, 0) is 11.2 Å². The van der Waals surface area contributed by atoms with Crippen molar-refractivity contribution < 1.29 is 4.79 Å². The monoisotopic (exact) mass is 267 g/mol. The summed E-state index contributed by atoms with van der Waals surface area (Å²) in [6.45, 7) is 2.87. The summed E-state index contributed by atoms with van der Waals surface area (Å²) in [6, 6.07) is 8.12. The summed E-state index contributed by atoms with van der Waals surface area (Å²) in [5.74, 6) is 0.896. The van der Waals surface area contributed by atoms with E-state index in [0.29, 0.717) is 12.3 Å². The molecule has 0 aliphatic rings. The number of aryl methyl sites for hydroxylation is 1. The van der Waals surface area contributed by atoms with Gasteiger partial charge in [-0.05, 0) is 25.3 Å². The second kappa shape index (κ2) is 8.15. The summed E-state index contributed by atoms with van der Waals surface area (Å²) >= 11 is 5.62. The molecule has 0 aliphatic heterocycles. The smallest absolute Gasteiger partial charge is 0.226 e. The van der Waals surface area contributed by atoms with Crippen molar-refractivity contribution in [2.24, 2.45) is 0 Å². The molecule has 0 radical (unpaired) electrons. The first kappa shape index (κ1) is 15.0. The lowest BCUT2D eigenvalue weighted by Gasteiger charge is -2.17. The minimum absolute atomic E-state index is 0.187. The Morgan fingerprint density at radius 1 is 1.28 bits per heavy atom. The number of rotatable bonds is 7. The Hall–Kier alpha value is -1.02. The lowest BCUT2D eigenvalue weighted by molar-refractivity contribution is -0.129. The van der Waals surface area contributed by atoms with Gasteiger partial charge in [-0.1, -0.05) is 36.2 Å². The van der Waals surface area contributed by atoms with E-state index in [2.05, 4.69) is 6.07 Å². The third kappa shape index (κ3) is 5.54. The molecule has 0 saturated carbocycles. The molecule has 0 unspecified atom stereocenters. The van der Waals surface area contributed by atoms with Crippen LogP contribution < -0.4 is 0 Å². The van der Waals surface area contributed by atoms with E-state index in [4.69, 9.17) is 11.6 Å². The second-order valence-electron chi connectivity index (χ2n) is 4.73. The maximum atomic E-state index is 12.0. The largest absolute Gasteiger partial charge is 0.345 e. The Balaban J connectivity index is 2.35. The molecule has 100 valence electrons. The lowest BCUT2D eigenvalue weighted by atomic mass is 10.1. The first-order valence-electron chi connectivity index (χ1n) is 6.49. The highest BCUT2D eigenvalue weighted by molar-refractivity contribution is 6.17. The number of benzene rings is 1. The van der Waals surface area contributed by atoms with Gasteiger partial charge in [-0.25, -0.2) is 0 Å². The highest BCUT2D eigenvalue weighted by Gasteiger charge is 2.09. The SMILES string of the molecule is Cc1cccc(CC(=O)N(C)CCCCCCl)c1. The van der Waals surface area contributed by atoms with Crippen molar-refractivity contribution in [3.05, 3.63) is 35.4 Å². The molecule has 2 nitrogen and oxygen atoms in total. The Bertz CT molecular complexity index is 379. The molecule has 0 fully saturated rings. The molecule has 1 aromatic rings. The molecule has 0 N–H and O–H groups in total. The van der Waals surface area contributed by atoms with Gasteiger partial charge >= 0.3 is 0 Å². The van der Waals surface area contributed by atoms with E-state index in [1.54, 1.807) is 0 Å². The third-order valence-corrected chi connectivity index (χ3v) is 3.26. The van der Waals surface area contributed by atoms with Crippen molar-refractivity contribution in [1.82, 2.24) is 4.90 Å². The van der Waals surface area contributed by atoms with Crippen molar-refractivity contribution >= 4 is 17.5 Å². The Morgan fingerprint density at radius 2 is 2.06 bits per heavy atom. The van der Waals surface area contributed by atoms with Crippen LogP contribution in [0, 0.1) is 6.92 Å². The van der Waals surface area contributed by atoms with Gasteiger partial charge in [0.25, 0.3) is 0 Å². The molecular formula is C15H22ClNO. The van der Waals surface area contributed by atoms with Crippen molar-refractivity contribution in [2.45, 2.75) is 32.6 Å². The van der Waals surface area contributed by atoms with E-state index in [1.165, 1.54) is 5.56 Å². The van der Waals surface area contributed by atoms with Crippen LogP contribution in [0.3, 0.4) is 0 Å². The second-order valence-corrected chi connectivity index (χ2v) is 5.11. The number of carbonyl (C=O) groups excluding carboxylic acids is 1. The van der Waals surface area contributed by atoms with Gasteiger partial charge in [-0.2, -0.15) is 0 Å². The zero-order valence-corrected chi connectivity index (χ0v) is 12.0. The van der Waals surface area contributed by atoms with E-state index in [-0.39, 0.29) is 5.91 Å². The van der Waals surface area contributed by atoms with Crippen molar-refractivity contribution in [3.8, 4) is 0 Å². The van der Waals surface area contributed by atoms with E-state index >= 15 is 0 Å². The average molecular weight is 268 g/mol. The van der Waals surface area contributed by atoms with Crippen molar-refractivity contribution in [1.29, 1.82) is 0 Å². The predicted octanol–water partition coefficient (Wildman–Crippen LogP) is 3.41. The number of halogens is 1. The van der Waals surface area contributed by atoms with E-state index in [0.717, 1.165) is 31.4 Å². The van der Waals surface area contributed by atoms with Crippen LogP contribution in [0.2, 0.25) is 0 Å². The maximum absolute atomic E-state index is 12.0. The van der Waals surface area contributed by atoms with Crippen LogP contribution in [0.25, 0.3) is 0 Å². The normalized spacial score (nSPS) is 10.4. The number of amides is 1. The zero-order chi connectivity index (χ0) is 13.4. The molecule has 0 heterocycles. The predicted molar refractivity (Wildman–Crippen MR) is 77.1 cm³/mol. The van der Waals surface area contributed by atoms with Gasteiger partial charge in [0.2, 0.25) is 5.91 Å². The van der Waals surface area contributed by atoms with Gasteiger partial charge in [0.15, 0.2) is 0 Å². The van der Waals surface area contributed by atoms with E-state index < -0.39 is 0 Å². The molecule has 3 heteroatoms. The average Bonchev–Trinajstić information content (AvgIpc) is 2.34. The summed E-state index contributed by atoms with van der Waals surface area (Å²) in [7, 11) is 1.87. The van der Waals surface area contributed by atoms with Gasteiger partial charge in [0, 0.05) is 19.5 Å². The van der Waals surface area contributed by atoms with Crippen LogP contribution >= 0.6 is 11.6 Å². The molecule has 1 rings (SSSR count). The van der Waals surface area contributed by atoms with Crippen molar-refractivity contribution in [3.63, 3.8) is 0 Å². The number of carbonyl (C=O) groups is 1. The van der Waals surface area contributed by atoms with Crippen LogP contribution in [0.15, 0.2) is 24.3 Å². The van der Waals surface area contributed by atoms with Crippen LogP contribution in [0.1, 0.15) is 30.4 Å². The molecule has 1 aromatic carbocycles. The van der Waals surface area contributed by atoms with Crippen LogP contribution in [0.5, 0.6) is 0 Å². The number of nitrogens with zero attached hydrogens (tertiary/aromatic N) is 1. The molecule has 0 bridgehead atoms.